The summed E-state index contributed by atoms with van der Waals surface area (Å²) in [5.41, 5.74) is 0.558. The van der Waals surface area contributed by atoms with Crippen molar-refractivity contribution in [3.63, 3.8) is 0 Å². The van der Waals surface area contributed by atoms with Crippen LogP contribution in [0.1, 0.15) is 55.4 Å². The number of halogens is 1. The van der Waals surface area contributed by atoms with Gasteiger partial charge in [-0.15, -0.1) is 0 Å². The molecule has 0 atom stereocenters. The molecule has 0 amide bonds. The van der Waals surface area contributed by atoms with Crippen molar-refractivity contribution in [2.45, 2.75) is 44.9 Å². The quantitative estimate of drug-likeness (QED) is 0.770. The highest BCUT2D eigenvalue weighted by molar-refractivity contribution is 6.33. The van der Waals surface area contributed by atoms with Gasteiger partial charge in [0, 0.05) is 13.5 Å². The lowest BCUT2D eigenvalue weighted by Gasteiger charge is -2.20. The lowest BCUT2D eigenvalue weighted by atomic mass is 9.85. The molecule has 1 heterocycles. The summed E-state index contributed by atoms with van der Waals surface area (Å²) in [6, 6.07) is 0. The summed E-state index contributed by atoms with van der Waals surface area (Å²) in [5, 5.41) is 4.47. The minimum Gasteiger partial charge on any atom is -0.292 e. The lowest BCUT2D eigenvalue weighted by Crippen LogP contribution is -2.12. The van der Waals surface area contributed by atoms with E-state index in [-0.39, 0.29) is 5.78 Å². The second-order valence-corrected chi connectivity index (χ2v) is 5.34. The number of carbonyl (C=O) groups is 1. The zero-order valence-electron chi connectivity index (χ0n) is 10.3. The van der Waals surface area contributed by atoms with Gasteiger partial charge in [-0.05, 0) is 12.3 Å². The average Bonchev–Trinajstić information content (AvgIpc) is 2.67. The molecule has 0 bridgehead atoms. The number of ketones is 1. The highest BCUT2D eigenvalue weighted by Gasteiger charge is 2.19. The van der Waals surface area contributed by atoms with Gasteiger partial charge in [0.15, 0.2) is 5.78 Å². The molecule has 0 aliphatic heterocycles. The molecular formula is C13H19ClN2O. The molecule has 94 valence electrons. The minimum atomic E-state index is 0.126. The van der Waals surface area contributed by atoms with Crippen LogP contribution in [0.3, 0.4) is 0 Å². The van der Waals surface area contributed by atoms with E-state index in [0.29, 0.717) is 17.1 Å². The van der Waals surface area contributed by atoms with E-state index < -0.39 is 0 Å². The van der Waals surface area contributed by atoms with Crippen LogP contribution in [-0.2, 0) is 7.05 Å². The second kappa shape index (κ2) is 5.67. The Morgan fingerprint density at radius 2 is 2.18 bits per heavy atom. The van der Waals surface area contributed by atoms with Crippen LogP contribution < -0.4 is 0 Å². The number of carbonyl (C=O) groups excluding carboxylic acids is 1. The van der Waals surface area contributed by atoms with Crippen molar-refractivity contribution < 1.29 is 4.79 Å². The number of aromatic nitrogens is 2. The molecule has 17 heavy (non-hydrogen) atoms. The molecule has 1 fully saturated rings. The third kappa shape index (κ3) is 3.09. The molecule has 2 rings (SSSR count). The van der Waals surface area contributed by atoms with Crippen LogP contribution in [0.2, 0.25) is 5.02 Å². The van der Waals surface area contributed by atoms with Gasteiger partial charge in [0.1, 0.15) is 5.69 Å². The largest absolute Gasteiger partial charge is 0.292 e. The fourth-order valence-electron chi connectivity index (χ4n) is 2.65. The maximum Gasteiger partial charge on any atom is 0.182 e. The Hall–Kier alpha value is -0.830. The summed E-state index contributed by atoms with van der Waals surface area (Å²) in [5.74, 6) is 0.861. The highest BCUT2D eigenvalue weighted by atomic mass is 35.5. The molecule has 1 aliphatic rings. The van der Waals surface area contributed by atoms with Crippen molar-refractivity contribution in [2.75, 3.05) is 0 Å². The number of rotatable bonds is 4. The molecule has 4 heteroatoms. The first-order valence-electron chi connectivity index (χ1n) is 6.39. The van der Waals surface area contributed by atoms with Crippen LogP contribution in [-0.4, -0.2) is 15.6 Å². The minimum absolute atomic E-state index is 0.126. The molecule has 0 saturated heterocycles. The van der Waals surface area contributed by atoms with Gasteiger partial charge < -0.3 is 0 Å². The Bertz CT molecular complexity index is 375. The molecule has 0 N–H and O–H groups in total. The third-order valence-electron chi connectivity index (χ3n) is 3.66. The van der Waals surface area contributed by atoms with Gasteiger partial charge >= 0.3 is 0 Å². The van der Waals surface area contributed by atoms with Gasteiger partial charge in [-0.25, -0.2) is 0 Å². The van der Waals surface area contributed by atoms with Crippen LogP contribution in [0.5, 0.6) is 0 Å². The summed E-state index contributed by atoms with van der Waals surface area (Å²) in [4.78, 5) is 12.0. The summed E-state index contributed by atoms with van der Waals surface area (Å²) >= 11 is 5.96. The normalized spacial score (nSPS) is 17.3. The van der Waals surface area contributed by atoms with E-state index >= 15 is 0 Å². The van der Waals surface area contributed by atoms with E-state index in [4.69, 9.17) is 11.6 Å². The molecular weight excluding hydrogens is 236 g/mol. The van der Waals surface area contributed by atoms with Crippen molar-refractivity contribution in [3.8, 4) is 0 Å². The summed E-state index contributed by atoms with van der Waals surface area (Å²) in [6.07, 6.45) is 9.72. The van der Waals surface area contributed by atoms with Crippen molar-refractivity contribution >= 4 is 17.4 Å². The van der Waals surface area contributed by atoms with Gasteiger partial charge in [-0.1, -0.05) is 43.7 Å². The SMILES string of the molecule is Cn1ncc(Cl)c1C(=O)CCC1CCCCC1. The van der Waals surface area contributed by atoms with Crippen molar-refractivity contribution in [1.29, 1.82) is 0 Å². The van der Waals surface area contributed by atoms with Gasteiger partial charge in [0.2, 0.25) is 0 Å². The van der Waals surface area contributed by atoms with E-state index in [1.54, 1.807) is 11.7 Å². The number of aryl methyl sites for hydroxylation is 1. The standard InChI is InChI=1S/C13H19ClN2O/c1-16-13(11(14)9-15-16)12(17)8-7-10-5-3-2-4-6-10/h9-10H,2-8H2,1H3. The van der Waals surface area contributed by atoms with Crippen LogP contribution in [0.4, 0.5) is 0 Å². The molecule has 1 saturated carbocycles. The Balaban J connectivity index is 1.89. The molecule has 3 nitrogen and oxygen atoms in total. The monoisotopic (exact) mass is 254 g/mol. The average molecular weight is 255 g/mol. The molecule has 1 aliphatic carbocycles. The zero-order valence-corrected chi connectivity index (χ0v) is 11.0. The zero-order chi connectivity index (χ0) is 12.3. The third-order valence-corrected chi connectivity index (χ3v) is 3.94. The maximum absolute atomic E-state index is 12.0. The van der Waals surface area contributed by atoms with Crippen LogP contribution in [0, 0.1) is 5.92 Å². The first-order valence-corrected chi connectivity index (χ1v) is 6.77. The number of hydrogen-bond acceptors (Lipinski definition) is 2. The predicted octanol–water partition coefficient (Wildman–Crippen LogP) is 3.62. The smallest absolute Gasteiger partial charge is 0.182 e. The Morgan fingerprint density at radius 3 is 2.76 bits per heavy atom. The van der Waals surface area contributed by atoms with Gasteiger partial charge in [-0.2, -0.15) is 5.10 Å². The number of Topliss-reactive ketones (excluding diaryl/α,β-unsaturated/α-hetero) is 1. The highest BCUT2D eigenvalue weighted by Crippen LogP contribution is 2.28. The van der Waals surface area contributed by atoms with E-state index in [0.717, 1.165) is 12.3 Å². The van der Waals surface area contributed by atoms with E-state index in [9.17, 15) is 4.79 Å². The molecule has 1 aromatic rings. The first-order chi connectivity index (χ1) is 8.18. The number of nitrogens with zero attached hydrogens (tertiary/aromatic N) is 2. The van der Waals surface area contributed by atoms with Crippen molar-refractivity contribution in [2.24, 2.45) is 13.0 Å². The van der Waals surface area contributed by atoms with Crippen molar-refractivity contribution in [1.82, 2.24) is 9.78 Å². The Kier molecular flexibility index (Phi) is 4.21. The van der Waals surface area contributed by atoms with Gasteiger partial charge in [0.25, 0.3) is 0 Å². The maximum atomic E-state index is 12.0. The first kappa shape index (κ1) is 12.6. The van der Waals surface area contributed by atoms with Crippen molar-refractivity contribution in [3.05, 3.63) is 16.9 Å². The molecule has 1 aromatic heterocycles. The second-order valence-electron chi connectivity index (χ2n) is 4.93. The van der Waals surface area contributed by atoms with E-state index in [2.05, 4.69) is 5.10 Å². The Morgan fingerprint density at radius 1 is 1.47 bits per heavy atom. The van der Waals surface area contributed by atoms with E-state index in [1.165, 1.54) is 38.3 Å². The Labute approximate surface area is 107 Å². The van der Waals surface area contributed by atoms with Crippen LogP contribution >= 0.6 is 11.6 Å². The fraction of sp³-hybridized carbons (Fsp3) is 0.692. The molecule has 0 unspecified atom stereocenters. The summed E-state index contributed by atoms with van der Waals surface area (Å²) in [6.45, 7) is 0. The summed E-state index contributed by atoms with van der Waals surface area (Å²) in [7, 11) is 1.76. The summed E-state index contributed by atoms with van der Waals surface area (Å²) < 4.78 is 1.57. The lowest BCUT2D eigenvalue weighted by molar-refractivity contribution is 0.0961. The molecule has 0 aromatic carbocycles. The van der Waals surface area contributed by atoms with E-state index in [1.807, 2.05) is 0 Å². The van der Waals surface area contributed by atoms with Crippen LogP contribution in [0.25, 0.3) is 0 Å². The van der Waals surface area contributed by atoms with Crippen LogP contribution in [0.15, 0.2) is 6.20 Å². The topological polar surface area (TPSA) is 34.9 Å². The predicted molar refractivity (Wildman–Crippen MR) is 68.4 cm³/mol. The van der Waals surface area contributed by atoms with Gasteiger partial charge in [-0.3, -0.25) is 9.48 Å². The fourth-order valence-corrected chi connectivity index (χ4v) is 2.93. The number of hydrogen-bond donors (Lipinski definition) is 0. The molecule has 0 radical (unpaired) electrons. The molecule has 0 spiro atoms. The van der Waals surface area contributed by atoms with Gasteiger partial charge in [0.05, 0.1) is 11.2 Å².